The van der Waals surface area contributed by atoms with Gasteiger partial charge in [0.2, 0.25) is 10.0 Å². The first-order valence-corrected chi connectivity index (χ1v) is 7.12. The predicted molar refractivity (Wildman–Crippen MR) is 65.5 cm³/mol. The number of nitrogens with zero attached hydrogens (tertiary/aromatic N) is 1. The minimum atomic E-state index is -3.60. The van der Waals surface area contributed by atoms with Gasteiger partial charge in [0.15, 0.2) is 0 Å². The summed E-state index contributed by atoms with van der Waals surface area (Å²) in [5.74, 6) is 0. The number of hydrogen-bond donors (Lipinski definition) is 1. The van der Waals surface area contributed by atoms with Crippen LogP contribution in [0.4, 0.5) is 0 Å². The molecule has 1 N–H and O–H groups in total. The van der Waals surface area contributed by atoms with Gasteiger partial charge in [-0.3, -0.25) is 0 Å². The lowest BCUT2D eigenvalue weighted by molar-refractivity contribution is 0.0762. The smallest absolute Gasteiger partial charge is 0.244 e. The zero-order valence-electron chi connectivity index (χ0n) is 9.43. The van der Waals surface area contributed by atoms with Crippen LogP contribution in [0.25, 0.3) is 0 Å². The summed E-state index contributed by atoms with van der Waals surface area (Å²) in [5, 5.41) is 10.0. The number of β-amino-alcohol motifs (C(OH)–C–C–N with tert-alkyl or cyclic N) is 1. The highest BCUT2D eigenvalue weighted by atomic mass is 35.5. The van der Waals surface area contributed by atoms with Crippen molar-refractivity contribution in [3.63, 3.8) is 0 Å². The molecule has 0 spiro atoms. The number of aliphatic hydroxyl groups is 1. The molecule has 1 aliphatic rings. The van der Waals surface area contributed by atoms with Crippen molar-refractivity contribution in [3.8, 4) is 0 Å². The van der Waals surface area contributed by atoms with E-state index in [0.29, 0.717) is 13.0 Å². The molecule has 0 saturated carbocycles. The molecule has 1 saturated heterocycles. The summed E-state index contributed by atoms with van der Waals surface area (Å²) in [7, 11) is -3.60. The lowest BCUT2D eigenvalue weighted by Gasteiger charge is -2.19. The monoisotopic (exact) mass is 275 g/mol. The molecule has 0 radical (unpaired) electrons. The minimum absolute atomic E-state index is 0.0966. The van der Waals surface area contributed by atoms with Crippen molar-refractivity contribution in [3.05, 3.63) is 29.3 Å². The van der Waals surface area contributed by atoms with E-state index in [1.807, 2.05) is 0 Å². The standard InChI is InChI=1S/C11H14ClNO3S/c1-11(14)6-7-13(8-11)17(15,16)10-5-3-2-4-9(10)12/h2-5,14H,6-8H2,1H3. The van der Waals surface area contributed by atoms with Crippen LogP contribution in [0.1, 0.15) is 13.3 Å². The van der Waals surface area contributed by atoms with Gasteiger partial charge in [0, 0.05) is 13.1 Å². The Morgan fingerprint density at radius 3 is 2.59 bits per heavy atom. The predicted octanol–water partition coefficient (Wildman–Crippen LogP) is 1.49. The second-order valence-electron chi connectivity index (χ2n) is 4.52. The first kappa shape index (κ1) is 12.8. The SMILES string of the molecule is CC1(O)CCN(S(=O)(=O)c2ccccc2Cl)C1. The summed E-state index contributed by atoms with van der Waals surface area (Å²) in [5.41, 5.74) is -0.950. The third-order valence-electron chi connectivity index (χ3n) is 2.87. The molecule has 6 heteroatoms. The van der Waals surface area contributed by atoms with Crippen LogP contribution in [-0.2, 0) is 10.0 Å². The zero-order chi connectivity index (χ0) is 12.7. The summed E-state index contributed by atoms with van der Waals surface area (Å²) in [6.07, 6.45) is 0.441. The number of sulfonamides is 1. The summed E-state index contributed by atoms with van der Waals surface area (Å²) in [4.78, 5) is 0.0966. The Bertz CT molecular complexity index is 527. The molecule has 1 fully saturated rings. The van der Waals surface area contributed by atoms with Gasteiger partial charge >= 0.3 is 0 Å². The van der Waals surface area contributed by atoms with E-state index >= 15 is 0 Å². The molecular formula is C11H14ClNO3S. The van der Waals surface area contributed by atoms with Crippen LogP contribution in [-0.4, -0.2) is 36.5 Å². The van der Waals surface area contributed by atoms with Crippen LogP contribution in [0.15, 0.2) is 29.2 Å². The van der Waals surface area contributed by atoms with E-state index in [1.54, 1.807) is 25.1 Å². The van der Waals surface area contributed by atoms with Crippen LogP contribution in [0.2, 0.25) is 5.02 Å². The molecule has 0 aliphatic carbocycles. The maximum atomic E-state index is 12.3. The maximum Gasteiger partial charge on any atom is 0.244 e. The molecule has 1 aromatic carbocycles. The van der Waals surface area contributed by atoms with E-state index in [1.165, 1.54) is 10.4 Å². The molecule has 1 aromatic rings. The van der Waals surface area contributed by atoms with Gasteiger partial charge in [-0.05, 0) is 25.5 Å². The van der Waals surface area contributed by atoms with E-state index in [2.05, 4.69) is 0 Å². The maximum absolute atomic E-state index is 12.3. The second kappa shape index (κ2) is 4.24. The van der Waals surface area contributed by atoms with Crippen molar-refractivity contribution in [2.45, 2.75) is 23.8 Å². The van der Waals surface area contributed by atoms with Gasteiger partial charge in [-0.25, -0.2) is 8.42 Å². The summed E-state index contributed by atoms with van der Waals surface area (Å²) in [6.45, 7) is 2.07. The molecule has 1 unspecified atom stereocenters. The number of rotatable bonds is 2. The van der Waals surface area contributed by atoms with Gasteiger partial charge in [0.05, 0.1) is 10.6 Å². The average Bonchev–Trinajstić information content (AvgIpc) is 2.60. The van der Waals surface area contributed by atoms with Crippen molar-refractivity contribution in [1.29, 1.82) is 0 Å². The number of hydrogen-bond acceptors (Lipinski definition) is 3. The van der Waals surface area contributed by atoms with Crippen molar-refractivity contribution in [2.75, 3.05) is 13.1 Å². The summed E-state index contributed by atoms with van der Waals surface area (Å²) < 4.78 is 25.8. The largest absolute Gasteiger partial charge is 0.389 e. The zero-order valence-corrected chi connectivity index (χ0v) is 11.0. The van der Waals surface area contributed by atoms with Crippen LogP contribution in [0, 0.1) is 0 Å². The van der Waals surface area contributed by atoms with Crippen molar-refractivity contribution >= 4 is 21.6 Å². The Hall–Kier alpha value is -0.620. The number of halogens is 1. The Balaban J connectivity index is 2.36. The lowest BCUT2D eigenvalue weighted by Crippen LogP contribution is -2.34. The first-order chi connectivity index (χ1) is 7.83. The van der Waals surface area contributed by atoms with Gasteiger partial charge in [0.25, 0.3) is 0 Å². The Morgan fingerprint density at radius 2 is 2.06 bits per heavy atom. The Morgan fingerprint density at radius 1 is 1.41 bits per heavy atom. The molecule has 0 aromatic heterocycles. The van der Waals surface area contributed by atoms with E-state index in [4.69, 9.17) is 11.6 Å². The molecular weight excluding hydrogens is 262 g/mol. The molecule has 1 aliphatic heterocycles. The normalized spacial score (nSPS) is 26.3. The van der Waals surface area contributed by atoms with Crippen molar-refractivity contribution in [1.82, 2.24) is 4.31 Å². The highest BCUT2D eigenvalue weighted by Crippen LogP contribution is 2.29. The van der Waals surface area contributed by atoms with Crippen LogP contribution in [0.5, 0.6) is 0 Å². The summed E-state index contributed by atoms with van der Waals surface area (Å²) in [6, 6.07) is 6.34. The Kier molecular flexibility index (Phi) is 3.20. The molecule has 1 heterocycles. The Labute approximate surface area is 106 Å². The van der Waals surface area contributed by atoms with Gasteiger partial charge in [0.1, 0.15) is 4.90 Å². The second-order valence-corrected chi connectivity index (χ2v) is 6.83. The average molecular weight is 276 g/mol. The van der Waals surface area contributed by atoms with E-state index in [-0.39, 0.29) is 16.5 Å². The van der Waals surface area contributed by atoms with E-state index in [0.717, 1.165) is 0 Å². The molecule has 17 heavy (non-hydrogen) atoms. The third kappa shape index (κ3) is 2.47. The number of benzene rings is 1. The summed E-state index contributed by atoms with van der Waals surface area (Å²) >= 11 is 5.89. The van der Waals surface area contributed by atoms with Gasteiger partial charge in [-0.2, -0.15) is 4.31 Å². The quantitative estimate of drug-likeness (QED) is 0.890. The highest BCUT2D eigenvalue weighted by molar-refractivity contribution is 7.89. The fraction of sp³-hybridized carbons (Fsp3) is 0.455. The topological polar surface area (TPSA) is 57.6 Å². The highest BCUT2D eigenvalue weighted by Gasteiger charge is 2.38. The van der Waals surface area contributed by atoms with E-state index < -0.39 is 15.6 Å². The van der Waals surface area contributed by atoms with Crippen molar-refractivity contribution in [2.24, 2.45) is 0 Å². The molecule has 94 valence electrons. The molecule has 4 nitrogen and oxygen atoms in total. The van der Waals surface area contributed by atoms with Gasteiger partial charge in [-0.15, -0.1) is 0 Å². The van der Waals surface area contributed by atoms with Gasteiger partial charge < -0.3 is 5.11 Å². The minimum Gasteiger partial charge on any atom is -0.389 e. The fourth-order valence-electron chi connectivity index (χ4n) is 1.90. The molecule has 2 rings (SSSR count). The van der Waals surface area contributed by atoms with Crippen LogP contribution >= 0.6 is 11.6 Å². The van der Waals surface area contributed by atoms with Crippen LogP contribution in [0.3, 0.4) is 0 Å². The molecule has 1 atom stereocenters. The lowest BCUT2D eigenvalue weighted by atomic mass is 10.1. The van der Waals surface area contributed by atoms with Crippen molar-refractivity contribution < 1.29 is 13.5 Å². The third-order valence-corrected chi connectivity index (χ3v) is 5.22. The fourth-order valence-corrected chi connectivity index (χ4v) is 3.95. The first-order valence-electron chi connectivity index (χ1n) is 5.30. The van der Waals surface area contributed by atoms with Crippen LogP contribution < -0.4 is 0 Å². The van der Waals surface area contributed by atoms with Gasteiger partial charge in [-0.1, -0.05) is 23.7 Å². The molecule has 0 bridgehead atoms. The molecule has 0 amide bonds. The van der Waals surface area contributed by atoms with E-state index in [9.17, 15) is 13.5 Å².